The van der Waals surface area contributed by atoms with Crippen molar-refractivity contribution in [1.29, 1.82) is 0 Å². The van der Waals surface area contributed by atoms with E-state index in [4.69, 9.17) is 0 Å². The van der Waals surface area contributed by atoms with Gasteiger partial charge in [-0.3, -0.25) is 9.69 Å². The molecule has 3 rings (SSSR count). The quantitative estimate of drug-likeness (QED) is 0.846. The van der Waals surface area contributed by atoms with E-state index in [1.54, 1.807) is 12.1 Å². The minimum Gasteiger partial charge on any atom is -0.507 e. The van der Waals surface area contributed by atoms with Gasteiger partial charge in [0, 0.05) is 45.3 Å². The first kappa shape index (κ1) is 14.4. The van der Waals surface area contributed by atoms with Crippen molar-refractivity contribution >= 4 is 5.91 Å². The third-order valence-electron chi connectivity index (χ3n) is 4.50. The number of hydrogen-bond donors (Lipinski definition) is 2. The number of rotatable bonds is 2. The molecule has 2 aliphatic rings. The number of benzene rings is 1. The maximum absolute atomic E-state index is 12.6. The van der Waals surface area contributed by atoms with Crippen molar-refractivity contribution in [2.45, 2.75) is 19.4 Å². The van der Waals surface area contributed by atoms with Crippen LogP contribution in [0.25, 0.3) is 0 Å². The zero-order valence-corrected chi connectivity index (χ0v) is 12.5. The predicted molar refractivity (Wildman–Crippen MR) is 81.6 cm³/mol. The molecule has 0 saturated carbocycles. The molecule has 2 aliphatic heterocycles. The molecule has 21 heavy (non-hydrogen) atoms. The second kappa shape index (κ2) is 6.03. The van der Waals surface area contributed by atoms with Crippen LogP contribution in [-0.4, -0.2) is 66.1 Å². The molecule has 2 fully saturated rings. The summed E-state index contributed by atoms with van der Waals surface area (Å²) >= 11 is 0. The van der Waals surface area contributed by atoms with Crippen LogP contribution in [0.1, 0.15) is 22.3 Å². The van der Waals surface area contributed by atoms with Crippen LogP contribution >= 0.6 is 0 Å². The second-order valence-corrected chi connectivity index (χ2v) is 6.00. The van der Waals surface area contributed by atoms with Gasteiger partial charge in [-0.25, -0.2) is 0 Å². The molecule has 0 aromatic heterocycles. The van der Waals surface area contributed by atoms with Crippen LogP contribution in [-0.2, 0) is 0 Å². The summed E-state index contributed by atoms with van der Waals surface area (Å²) in [6, 6.07) is 5.66. The van der Waals surface area contributed by atoms with Gasteiger partial charge < -0.3 is 15.3 Å². The highest BCUT2D eigenvalue weighted by Crippen LogP contribution is 2.24. The van der Waals surface area contributed by atoms with E-state index >= 15 is 0 Å². The van der Waals surface area contributed by atoms with Gasteiger partial charge in [-0.15, -0.1) is 0 Å². The van der Waals surface area contributed by atoms with Crippen molar-refractivity contribution in [3.8, 4) is 5.75 Å². The number of nitrogens with zero attached hydrogens (tertiary/aromatic N) is 2. The highest BCUT2D eigenvalue weighted by atomic mass is 16.3. The molecule has 1 atom stereocenters. The molecule has 2 saturated heterocycles. The number of phenols is 1. The first-order chi connectivity index (χ1) is 10.1. The Balaban J connectivity index is 1.67. The number of carbonyl (C=O) groups excluding carboxylic acids is 1. The molecule has 2 N–H and O–H groups in total. The number of hydrogen-bond acceptors (Lipinski definition) is 4. The highest BCUT2D eigenvalue weighted by molar-refractivity contribution is 5.97. The monoisotopic (exact) mass is 289 g/mol. The van der Waals surface area contributed by atoms with E-state index in [9.17, 15) is 9.90 Å². The van der Waals surface area contributed by atoms with Gasteiger partial charge >= 0.3 is 0 Å². The number of carbonyl (C=O) groups is 1. The van der Waals surface area contributed by atoms with Crippen LogP contribution < -0.4 is 5.32 Å². The second-order valence-electron chi connectivity index (χ2n) is 6.00. The van der Waals surface area contributed by atoms with Crippen LogP contribution in [0.15, 0.2) is 18.2 Å². The number of nitrogens with one attached hydrogen (secondary N) is 1. The lowest BCUT2D eigenvalue weighted by Crippen LogP contribution is -2.49. The number of aromatic hydroxyl groups is 1. The first-order valence-electron chi connectivity index (χ1n) is 7.69. The lowest BCUT2D eigenvalue weighted by molar-refractivity contribution is 0.0770. The molecule has 1 unspecified atom stereocenters. The van der Waals surface area contributed by atoms with E-state index in [0.717, 1.165) is 51.3 Å². The summed E-state index contributed by atoms with van der Waals surface area (Å²) in [7, 11) is 0. The van der Waals surface area contributed by atoms with Gasteiger partial charge in [-0.05, 0) is 25.5 Å². The molecule has 114 valence electrons. The molecule has 0 radical (unpaired) electrons. The average Bonchev–Trinajstić information content (AvgIpc) is 3.00. The van der Waals surface area contributed by atoms with Gasteiger partial charge in [-0.2, -0.15) is 0 Å². The largest absolute Gasteiger partial charge is 0.507 e. The van der Waals surface area contributed by atoms with E-state index in [2.05, 4.69) is 10.2 Å². The summed E-state index contributed by atoms with van der Waals surface area (Å²) < 4.78 is 0. The molecule has 0 bridgehead atoms. The topological polar surface area (TPSA) is 55.8 Å². The smallest absolute Gasteiger partial charge is 0.257 e. The third-order valence-corrected chi connectivity index (χ3v) is 4.50. The van der Waals surface area contributed by atoms with Gasteiger partial charge in [0.15, 0.2) is 0 Å². The van der Waals surface area contributed by atoms with Crippen LogP contribution in [0.3, 0.4) is 0 Å². The minimum atomic E-state index is -0.0474. The molecule has 1 aromatic carbocycles. The lowest BCUT2D eigenvalue weighted by atomic mass is 10.1. The molecule has 5 heteroatoms. The molecule has 0 spiro atoms. The molecule has 5 nitrogen and oxygen atoms in total. The maximum atomic E-state index is 12.6. The molecular formula is C16H23N3O2. The van der Waals surface area contributed by atoms with E-state index in [-0.39, 0.29) is 11.7 Å². The third kappa shape index (κ3) is 3.04. The van der Waals surface area contributed by atoms with Crippen molar-refractivity contribution in [3.05, 3.63) is 29.3 Å². The van der Waals surface area contributed by atoms with E-state index in [0.29, 0.717) is 11.6 Å². The van der Waals surface area contributed by atoms with E-state index in [1.807, 2.05) is 17.9 Å². The molecule has 0 aliphatic carbocycles. The fourth-order valence-electron chi connectivity index (χ4n) is 3.26. The van der Waals surface area contributed by atoms with Crippen LogP contribution in [0, 0.1) is 6.92 Å². The summed E-state index contributed by atoms with van der Waals surface area (Å²) in [6.07, 6.45) is 1.03. The SMILES string of the molecule is Cc1ccc(O)c(C(=O)N2CCC(N3CCNCC3)C2)c1. The van der Waals surface area contributed by atoms with Crippen molar-refractivity contribution in [2.24, 2.45) is 0 Å². The van der Waals surface area contributed by atoms with Gasteiger partial charge in [0.05, 0.1) is 5.56 Å². The number of piperazine rings is 1. The maximum Gasteiger partial charge on any atom is 0.257 e. The first-order valence-corrected chi connectivity index (χ1v) is 7.69. The van der Waals surface area contributed by atoms with Crippen LogP contribution in [0.2, 0.25) is 0 Å². The Bertz CT molecular complexity index is 526. The van der Waals surface area contributed by atoms with Crippen molar-refractivity contribution in [1.82, 2.24) is 15.1 Å². The average molecular weight is 289 g/mol. The van der Waals surface area contributed by atoms with Crippen molar-refractivity contribution in [2.75, 3.05) is 39.3 Å². The number of likely N-dealkylation sites (tertiary alicyclic amines) is 1. The minimum absolute atomic E-state index is 0.0474. The molecule has 1 amide bonds. The van der Waals surface area contributed by atoms with Crippen LogP contribution in [0.5, 0.6) is 5.75 Å². The van der Waals surface area contributed by atoms with Gasteiger partial charge in [0.25, 0.3) is 5.91 Å². The zero-order valence-electron chi connectivity index (χ0n) is 12.5. The zero-order chi connectivity index (χ0) is 14.8. The van der Waals surface area contributed by atoms with Crippen molar-refractivity contribution in [3.63, 3.8) is 0 Å². The summed E-state index contributed by atoms with van der Waals surface area (Å²) in [4.78, 5) is 16.9. The van der Waals surface area contributed by atoms with Crippen molar-refractivity contribution < 1.29 is 9.90 Å². The molecule has 2 heterocycles. The normalized spacial score (nSPS) is 23.5. The molecule has 1 aromatic rings. The Morgan fingerprint density at radius 3 is 2.81 bits per heavy atom. The van der Waals surface area contributed by atoms with Gasteiger partial charge in [-0.1, -0.05) is 11.6 Å². The fourth-order valence-corrected chi connectivity index (χ4v) is 3.26. The summed E-state index contributed by atoms with van der Waals surface area (Å²) in [5.74, 6) is 0.0325. The lowest BCUT2D eigenvalue weighted by Gasteiger charge is -2.32. The molecular weight excluding hydrogens is 266 g/mol. The summed E-state index contributed by atoms with van der Waals surface area (Å²) in [6.45, 7) is 7.66. The number of aryl methyl sites for hydroxylation is 1. The number of amides is 1. The van der Waals surface area contributed by atoms with Gasteiger partial charge in [0.2, 0.25) is 0 Å². The van der Waals surface area contributed by atoms with Crippen LogP contribution in [0.4, 0.5) is 0 Å². The standard InChI is InChI=1S/C16H23N3O2/c1-12-2-3-15(20)14(10-12)16(21)19-7-4-13(11-19)18-8-5-17-6-9-18/h2-3,10,13,17,20H,4-9,11H2,1H3. The highest BCUT2D eigenvalue weighted by Gasteiger charge is 2.32. The Kier molecular flexibility index (Phi) is 4.12. The summed E-state index contributed by atoms with van der Waals surface area (Å²) in [5.41, 5.74) is 1.42. The van der Waals surface area contributed by atoms with E-state index < -0.39 is 0 Å². The Hall–Kier alpha value is -1.59. The Morgan fingerprint density at radius 2 is 2.05 bits per heavy atom. The summed E-state index contributed by atoms with van der Waals surface area (Å²) in [5, 5.41) is 13.3. The predicted octanol–water partition coefficient (Wildman–Crippen LogP) is 0.820. The Labute approximate surface area is 125 Å². The van der Waals surface area contributed by atoms with E-state index in [1.165, 1.54) is 0 Å². The Morgan fingerprint density at radius 1 is 1.29 bits per heavy atom. The van der Waals surface area contributed by atoms with Gasteiger partial charge in [0.1, 0.15) is 5.75 Å². The number of phenolic OH excluding ortho intramolecular Hbond substituents is 1. The fraction of sp³-hybridized carbons (Fsp3) is 0.562.